The van der Waals surface area contributed by atoms with Crippen molar-refractivity contribution in [3.8, 4) is 5.88 Å². The van der Waals surface area contributed by atoms with Crippen LogP contribution in [-0.2, 0) is 13.1 Å². The lowest BCUT2D eigenvalue weighted by Crippen LogP contribution is -2.44. The van der Waals surface area contributed by atoms with Crippen molar-refractivity contribution in [1.29, 1.82) is 0 Å². The molecule has 0 radical (unpaired) electrons. The monoisotopic (exact) mass is 367 g/mol. The van der Waals surface area contributed by atoms with E-state index in [1.54, 1.807) is 14.2 Å². The zero-order valence-corrected chi connectivity index (χ0v) is 16.4. The molecule has 1 fully saturated rings. The summed E-state index contributed by atoms with van der Waals surface area (Å²) in [5, 5.41) is 6.89. The molecule has 1 aromatic heterocycles. The average Bonchev–Trinajstić information content (AvgIpc) is 3.05. The van der Waals surface area contributed by atoms with Crippen molar-refractivity contribution < 1.29 is 4.74 Å². The fourth-order valence-electron chi connectivity index (χ4n) is 3.47. The van der Waals surface area contributed by atoms with Gasteiger partial charge in [0.15, 0.2) is 5.96 Å². The molecule has 0 bridgehead atoms. The number of pyridine rings is 1. The highest BCUT2D eigenvalue weighted by Gasteiger charge is 2.29. The number of aliphatic imine (C=N–C) groups is 1. The minimum Gasteiger partial charge on any atom is -0.481 e. The second-order valence-electron chi connectivity index (χ2n) is 6.94. The molecule has 1 aromatic carbocycles. The van der Waals surface area contributed by atoms with Crippen molar-refractivity contribution in [2.45, 2.75) is 38.5 Å². The molecule has 0 spiro atoms. The van der Waals surface area contributed by atoms with Crippen molar-refractivity contribution in [3.63, 3.8) is 0 Å². The SMILES string of the molecule is CN=C(NCc1cccc(OC)n1)NC1CC(C)N(Cc2ccccc2)C1. The third-order valence-electron chi connectivity index (χ3n) is 4.92. The van der Waals surface area contributed by atoms with E-state index >= 15 is 0 Å². The quantitative estimate of drug-likeness (QED) is 0.606. The molecule has 0 aliphatic carbocycles. The highest BCUT2D eigenvalue weighted by molar-refractivity contribution is 5.80. The van der Waals surface area contributed by atoms with Gasteiger partial charge in [-0.25, -0.2) is 4.98 Å². The van der Waals surface area contributed by atoms with Crippen LogP contribution in [0.15, 0.2) is 53.5 Å². The van der Waals surface area contributed by atoms with Gasteiger partial charge in [0, 0.05) is 38.3 Å². The first-order chi connectivity index (χ1) is 13.2. The number of rotatable bonds is 6. The van der Waals surface area contributed by atoms with Gasteiger partial charge < -0.3 is 15.4 Å². The standard InChI is InChI=1S/C21H29N5O/c1-16-12-19(15-26(16)14-17-8-5-4-6-9-17)25-21(22-2)23-13-18-10-7-11-20(24-18)27-3/h4-11,16,19H,12-15H2,1-3H3,(H2,22,23,25). The molecule has 1 aliphatic rings. The summed E-state index contributed by atoms with van der Waals surface area (Å²) in [6.45, 7) is 4.89. The Morgan fingerprint density at radius 1 is 1.22 bits per heavy atom. The maximum Gasteiger partial charge on any atom is 0.213 e. The van der Waals surface area contributed by atoms with E-state index in [1.807, 2.05) is 18.2 Å². The number of aromatic nitrogens is 1. The summed E-state index contributed by atoms with van der Waals surface area (Å²) in [5.41, 5.74) is 2.28. The Hall–Kier alpha value is -2.60. The van der Waals surface area contributed by atoms with Crippen LogP contribution in [-0.4, -0.2) is 48.6 Å². The van der Waals surface area contributed by atoms with Crippen molar-refractivity contribution in [1.82, 2.24) is 20.5 Å². The highest BCUT2D eigenvalue weighted by Crippen LogP contribution is 2.20. The summed E-state index contributed by atoms with van der Waals surface area (Å²) in [6.07, 6.45) is 1.10. The van der Waals surface area contributed by atoms with Crippen molar-refractivity contribution in [2.24, 2.45) is 4.99 Å². The number of benzene rings is 1. The van der Waals surface area contributed by atoms with Crippen molar-refractivity contribution >= 4 is 5.96 Å². The molecule has 6 nitrogen and oxygen atoms in total. The van der Waals surface area contributed by atoms with Gasteiger partial charge in [0.2, 0.25) is 5.88 Å². The Morgan fingerprint density at radius 3 is 2.78 bits per heavy atom. The number of hydrogen-bond donors (Lipinski definition) is 2. The number of likely N-dealkylation sites (tertiary alicyclic amines) is 1. The zero-order valence-electron chi connectivity index (χ0n) is 16.4. The van der Waals surface area contributed by atoms with Crippen LogP contribution in [0.1, 0.15) is 24.6 Å². The van der Waals surface area contributed by atoms with Gasteiger partial charge in [-0.1, -0.05) is 36.4 Å². The van der Waals surface area contributed by atoms with Gasteiger partial charge in [0.05, 0.1) is 19.3 Å². The molecule has 2 atom stereocenters. The smallest absolute Gasteiger partial charge is 0.213 e. The first-order valence-electron chi connectivity index (χ1n) is 9.43. The lowest BCUT2D eigenvalue weighted by Gasteiger charge is -2.21. The van der Waals surface area contributed by atoms with Gasteiger partial charge in [-0.3, -0.25) is 9.89 Å². The molecule has 2 unspecified atom stereocenters. The average molecular weight is 367 g/mol. The fourth-order valence-corrected chi connectivity index (χ4v) is 3.47. The summed E-state index contributed by atoms with van der Waals surface area (Å²) >= 11 is 0. The molecular weight excluding hydrogens is 338 g/mol. The molecule has 2 N–H and O–H groups in total. The van der Waals surface area contributed by atoms with Crippen LogP contribution in [0.5, 0.6) is 5.88 Å². The normalized spacial score (nSPS) is 20.5. The summed E-state index contributed by atoms with van der Waals surface area (Å²) in [7, 11) is 3.43. The van der Waals surface area contributed by atoms with Gasteiger partial charge in [-0.2, -0.15) is 0 Å². The molecule has 0 saturated carbocycles. The Labute approximate surface area is 161 Å². The molecule has 2 heterocycles. The van der Waals surface area contributed by atoms with Crippen molar-refractivity contribution in [3.05, 3.63) is 59.8 Å². The van der Waals surface area contributed by atoms with Crippen LogP contribution in [0.4, 0.5) is 0 Å². The van der Waals surface area contributed by atoms with E-state index in [0.717, 1.165) is 31.2 Å². The lowest BCUT2D eigenvalue weighted by molar-refractivity contribution is 0.258. The van der Waals surface area contributed by atoms with E-state index < -0.39 is 0 Å². The largest absolute Gasteiger partial charge is 0.481 e. The number of ether oxygens (including phenoxy) is 1. The number of nitrogens with zero attached hydrogens (tertiary/aromatic N) is 3. The number of guanidine groups is 1. The van der Waals surface area contributed by atoms with Gasteiger partial charge in [-0.15, -0.1) is 0 Å². The van der Waals surface area contributed by atoms with Gasteiger partial charge in [-0.05, 0) is 25.0 Å². The van der Waals surface area contributed by atoms with Gasteiger partial charge in [0.1, 0.15) is 0 Å². The van der Waals surface area contributed by atoms with E-state index in [4.69, 9.17) is 4.74 Å². The molecule has 2 aromatic rings. The Kier molecular flexibility index (Phi) is 6.65. The Bertz CT molecular complexity index is 749. The number of methoxy groups -OCH3 is 1. The second kappa shape index (κ2) is 9.37. The topological polar surface area (TPSA) is 61.8 Å². The van der Waals surface area contributed by atoms with Crippen LogP contribution in [0.3, 0.4) is 0 Å². The van der Waals surface area contributed by atoms with E-state index in [0.29, 0.717) is 24.5 Å². The Balaban J connectivity index is 1.51. The first-order valence-corrected chi connectivity index (χ1v) is 9.43. The second-order valence-corrected chi connectivity index (χ2v) is 6.94. The first kappa shape index (κ1) is 19.2. The molecule has 1 aliphatic heterocycles. The third kappa shape index (κ3) is 5.44. The number of nitrogens with one attached hydrogen (secondary N) is 2. The summed E-state index contributed by atoms with van der Waals surface area (Å²) < 4.78 is 5.18. The van der Waals surface area contributed by atoms with E-state index in [2.05, 4.69) is 62.8 Å². The molecule has 6 heteroatoms. The fraction of sp³-hybridized carbons (Fsp3) is 0.429. The van der Waals surface area contributed by atoms with Gasteiger partial charge in [0.25, 0.3) is 0 Å². The van der Waals surface area contributed by atoms with E-state index in [-0.39, 0.29) is 0 Å². The summed E-state index contributed by atoms with van der Waals surface area (Å²) in [5.74, 6) is 1.43. The third-order valence-corrected chi connectivity index (χ3v) is 4.92. The predicted octanol–water partition coefficient (Wildman–Crippen LogP) is 2.42. The zero-order chi connectivity index (χ0) is 19.1. The summed E-state index contributed by atoms with van der Waals surface area (Å²) in [6, 6.07) is 17.3. The molecule has 1 saturated heterocycles. The Morgan fingerprint density at radius 2 is 2.04 bits per heavy atom. The lowest BCUT2D eigenvalue weighted by atomic mass is 10.2. The molecule has 144 valence electrons. The number of hydrogen-bond acceptors (Lipinski definition) is 4. The van der Waals surface area contributed by atoms with Gasteiger partial charge >= 0.3 is 0 Å². The summed E-state index contributed by atoms with van der Waals surface area (Å²) in [4.78, 5) is 11.3. The van der Waals surface area contributed by atoms with E-state index in [1.165, 1.54) is 5.56 Å². The van der Waals surface area contributed by atoms with Crippen LogP contribution in [0.25, 0.3) is 0 Å². The molecule has 0 amide bonds. The minimum atomic E-state index is 0.383. The maximum atomic E-state index is 5.18. The van der Waals surface area contributed by atoms with Crippen LogP contribution in [0, 0.1) is 0 Å². The van der Waals surface area contributed by atoms with E-state index in [9.17, 15) is 0 Å². The predicted molar refractivity (Wildman–Crippen MR) is 109 cm³/mol. The highest BCUT2D eigenvalue weighted by atomic mass is 16.5. The molecular formula is C21H29N5O. The van der Waals surface area contributed by atoms with Crippen LogP contribution >= 0.6 is 0 Å². The van der Waals surface area contributed by atoms with Crippen LogP contribution in [0.2, 0.25) is 0 Å². The molecule has 27 heavy (non-hydrogen) atoms. The van der Waals surface area contributed by atoms with Crippen LogP contribution < -0.4 is 15.4 Å². The van der Waals surface area contributed by atoms with Crippen molar-refractivity contribution in [2.75, 3.05) is 20.7 Å². The maximum absolute atomic E-state index is 5.18. The molecule has 3 rings (SSSR count). The minimum absolute atomic E-state index is 0.383.